The highest BCUT2D eigenvalue weighted by Gasteiger charge is 2.24. The van der Waals surface area contributed by atoms with Crippen LogP contribution in [0.25, 0.3) is 0 Å². The van der Waals surface area contributed by atoms with Crippen LogP contribution in [-0.2, 0) is 4.74 Å². The molecular weight excluding hydrogens is 216 g/mol. The van der Waals surface area contributed by atoms with Gasteiger partial charge in [-0.2, -0.15) is 0 Å². The summed E-state index contributed by atoms with van der Waals surface area (Å²) in [6.45, 7) is 10.9. The maximum Gasteiger partial charge on any atom is 0.320 e. The number of ether oxygens (including phenoxy) is 1. The van der Waals surface area contributed by atoms with Crippen LogP contribution in [-0.4, -0.2) is 55.2 Å². The van der Waals surface area contributed by atoms with Gasteiger partial charge in [0.1, 0.15) is 0 Å². The summed E-state index contributed by atoms with van der Waals surface area (Å²) < 4.78 is 5.31. The van der Waals surface area contributed by atoms with E-state index in [0.717, 1.165) is 26.1 Å². The summed E-state index contributed by atoms with van der Waals surface area (Å²) in [5, 5.41) is 0. The van der Waals surface area contributed by atoms with Gasteiger partial charge in [-0.05, 0) is 32.6 Å². The Morgan fingerprint density at radius 1 is 1.47 bits per heavy atom. The molecule has 0 aromatic rings. The molecule has 2 amide bonds. The molecule has 0 aromatic carbocycles. The Bertz CT molecular complexity index is 233. The second-order valence-corrected chi connectivity index (χ2v) is 4.75. The highest BCUT2D eigenvalue weighted by atomic mass is 16.5. The molecule has 4 heteroatoms. The topological polar surface area (TPSA) is 32.8 Å². The molecule has 0 saturated carbocycles. The third kappa shape index (κ3) is 4.54. The Kier molecular flexibility index (Phi) is 6.34. The van der Waals surface area contributed by atoms with E-state index in [4.69, 9.17) is 4.74 Å². The molecule has 0 radical (unpaired) electrons. The first kappa shape index (κ1) is 14.3. The van der Waals surface area contributed by atoms with Gasteiger partial charge in [-0.15, -0.1) is 0 Å². The zero-order valence-corrected chi connectivity index (χ0v) is 11.4. The van der Waals surface area contributed by atoms with Gasteiger partial charge in [0.15, 0.2) is 0 Å². The van der Waals surface area contributed by atoms with Crippen molar-refractivity contribution in [3.63, 3.8) is 0 Å². The lowest BCUT2D eigenvalue weighted by Gasteiger charge is -2.35. The molecule has 1 rings (SSSR count). The summed E-state index contributed by atoms with van der Waals surface area (Å²) in [7, 11) is 0. The maximum absolute atomic E-state index is 12.3. The summed E-state index contributed by atoms with van der Waals surface area (Å²) >= 11 is 0. The number of hydrogen-bond acceptors (Lipinski definition) is 2. The number of carbonyl (C=O) groups is 1. The van der Waals surface area contributed by atoms with E-state index < -0.39 is 0 Å². The van der Waals surface area contributed by atoms with E-state index in [1.807, 2.05) is 23.6 Å². The first-order valence-corrected chi connectivity index (χ1v) is 6.80. The van der Waals surface area contributed by atoms with Gasteiger partial charge >= 0.3 is 6.03 Å². The number of carbonyl (C=O) groups excluding carboxylic acids is 1. The van der Waals surface area contributed by atoms with Crippen LogP contribution in [0.1, 0.15) is 33.6 Å². The summed E-state index contributed by atoms with van der Waals surface area (Å²) in [6, 6.07) is 0.179. The van der Waals surface area contributed by atoms with Crippen LogP contribution in [0.4, 0.5) is 4.79 Å². The van der Waals surface area contributed by atoms with Gasteiger partial charge in [0.05, 0.1) is 6.61 Å². The minimum absolute atomic E-state index is 0.179. The summed E-state index contributed by atoms with van der Waals surface area (Å²) in [4.78, 5) is 16.1. The predicted molar refractivity (Wildman–Crippen MR) is 69.1 cm³/mol. The fraction of sp³-hybridized carbons (Fsp3) is 0.923. The van der Waals surface area contributed by atoms with Crippen LogP contribution < -0.4 is 0 Å². The van der Waals surface area contributed by atoms with Gasteiger partial charge in [-0.1, -0.05) is 6.92 Å². The molecule has 0 spiro atoms. The Labute approximate surface area is 105 Å². The molecular formula is C13H26N2O2. The van der Waals surface area contributed by atoms with Crippen molar-refractivity contribution >= 4 is 6.03 Å². The summed E-state index contributed by atoms with van der Waals surface area (Å²) in [5.41, 5.74) is 0. The normalized spacial score (nSPS) is 20.4. The maximum atomic E-state index is 12.3. The van der Waals surface area contributed by atoms with E-state index in [0.29, 0.717) is 25.7 Å². The number of amides is 2. The number of piperidine rings is 1. The molecule has 1 atom stereocenters. The molecule has 17 heavy (non-hydrogen) atoms. The van der Waals surface area contributed by atoms with Crippen LogP contribution >= 0.6 is 0 Å². The van der Waals surface area contributed by atoms with Gasteiger partial charge in [-0.3, -0.25) is 0 Å². The molecule has 1 aliphatic heterocycles. The van der Waals surface area contributed by atoms with Gasteiger partial charge in [0.25, 0.3) is 0 Å². The van der Waals surface area contributed by atoms with E-state index in [2.05, 4.69) is 6.92 Å². The molecule has 0 N–H and O–H groups in total. The lowest BCUT2D eigenvalue weighted by atomic mass is 10.0. The smallest absolute Gasteiger partial charge is 0.320 e. The minimum atomic E-state index is 0.179. The zero-order valence-electron chi connectivity index (χ0n) is 11.4. The van der Waals surface area contributed by atoms with E-state index in [1.54, 1.807) is 0 Å². The van der Waals surface area contributed by atoms with Crippen molar-refractivity contribution in [2.45, 2.75) is 33.6 Å². The number of likely N-dealkylation sites (tertiary alicyclic amines) is 1. The van der Waals surface area contributed by atoms with Crippen LogP contribution in [0.15, 0.2) is 0 Å². The predicted octanol–water partition coefficient (Wildman–Crippen LogP) is 2.20. The van der Waals surface area contributed by atoms with Gasteiger partial charge in [0.2, 0.25) is 0 Å². The second-order valence-electron chi connectivity index (χ2n) is 4.75. The van der Waals surface area contributed by atoms with E-state index >= 15 is 0 Å². The van der Waals surface area contributed by atoms with Crippen molar-refractivity contribution in [1.82, 2.24) is 9.80 Å². The Hall–Kier alpha value is -0.770. The highest BCUT2D eigenvalue weighted by Crippen LogP contribution is 2.16. The van der Waals surface area contributed by atoms with Gasteiger partial charge in [0, 0.05) is 32.8 Å². The van der Waals surface area contributed by atoms with Crippen molar-refractivity contribution in [1.29, 1.82) is 0 Å². The van der Waals surface area contributed by atoms with Gasteiger partial charge < -0.3 is 14.5 Å². The summed E-state index contributed by atoms with van der Waals surface area (Å²) in [6.07, 6.45) is 2.38. The van der Waals surface area contributed by atoms with Crippen LogP contribution in [0.3, 0.4) is 0 Å². The Balaban J connectivity index is 2.41. The van der Waals surface area contributed by atoms with E-state index in [1.165, 1.54) is 6.42 Å². The minimum Gasteiger partial charge on any atom is -0.380 e. The highest BCUT2D eigenvalue weighted by molar-refractivity contribution is 5.74. The van der Waals surface area contributed by atoms with Crippen molar-refractivity contribution in [3.8, 4) is 0 Å². The van der Waals surface area contributed by atoms with Crippen LogP contribution in [0.2, 0.25) is 0 Å². The third-order valence-electron chi connectivity index (χ3n) is 3.29. The second kappa shape index (κ2) is 7.54. The Morgan fingerprint density at radius 3 is 2.82 bits per heavy atom. The SMILES string of the molecule is CCOCCN(CC)C(=O)N1CCCC(C)C1. The average Bonchev–Trinajstić information content (AvgIpc) is 2.34. The molecule has 0 aromatic heterocycles. The lowest BCUT2D eigenvalue weighted by molar-refractivity contribution is 0.0992. The van der Waals surface area contributed by atoms with E-state index in [-0.39, 0.29) is 6.03 Å². The number of rotatable bonds is 5. The van der Waals surface area contributed by atoms with Crippen molar-refractivity contribution < 1.29 is 9.53 Å². The standard InChI is InChI=1S/C13H26N2O2/c1-4-14(9-10-17-5-2)13(16)15-8-6-7-12(3)11-15/h12H,4-11H2,1-3H3. The molecule has 1 saturated heterocycles. The molecule has 0 aliphatic carbocycles. The number of likely N-dealkylation sites (N-methyl/N-ethyl adjacent to an activating group) is 1. The van der Waals surface area contributed by atoms with Crippen LogP contribution in [0.5, 0.6) is 0 Å². The van der Waals surface area contributed by atoms with Crippen LogP contribution in [0, 0.1) is 5.92 Å². The fourth-order valence-electron chi connectivity index (χ4n) is 2.27. The van der Waals surface area contributed by atoms with Gasteiger partial charge in [-0.25, -0.2) is 4.79 Å². The molecule has 1 unspecified atom stereocenters. The Morgan fingerprint density at radius 2 is 2.24 bits per heavy atom. The van der Waals surface area contributed by atoms with Crippen molar-refractivity contribution in [2.75, 3.05) is 39.4 Å². The number of nitrogens with zero attached hydrogens (tertiary/aromatic N) is 2. The largest absolute Gasteiger partial charge is 0.380 e. The first-order valence-electron chi connectivity index (χ1n) is 6.80. The molecule has 4 nitrogen and oxygen atoms in total. The average molecular weight is 242 g/mol. The van der Waals surface area contributed by atoms with Crippen molar-refractivity contribution in [3.05, 3.63) is 0 Å². The summed E-state index contributed by atoms with van der Waals surface area (Å²) in [5.74, 6) is 0.637. The fourth-order valence-corrected chi connectivity index (χ4v) is 2.27. The van der Waals surface area contributed by atoms with E-state index in [9.17, 15) is 4.79 Å². The zero-order chi connectivity index (χ0) is 12.7. The van der Waals surface area contributed by atoms with Crippen molar-refractivity contribution in [2.24, 2.45) is 5.92 Å². The third-order valence-corrected chi connectivity index (χ3v) is 3.29. The quantitative estimate of drug-likeness (QED) is 0.692. The number of hydrogen-bond donors (Lipinski definition) is 0. The molecule has 1 fully saturated rings. The number of urea groups is 1. The first-order chi connectivity index (χ1) is 8.19. The monoisotopic (exact) mass is 242 g/mol. The lowest BCUT2D eigenvalue weighted by Crippen LogP contribution is -2.48. The molecule has 1 heterocycles. The molecule has 100 valence electrons. The molecule has 1 aliphatic rings. The molecule has 0 bridgehead atoms.